The lowest BCUT2D eigenvalue weighted by molar-refractivity contribution is -0.121. The zero-order valence-electron chi connectivity index (χ0n) is 10.2. The molecule has 4 nitrogen and oxygen atoms in total. The van der Waals surface area contributed by atoms with Gasteiger partial charge >= 0.3 is 0 Å². The van der Waals surface area contributed by atoms with Crippen LogP contribution in [0.4, 0.5) is 0 Å². The van der Waals surface area contributed by atoms with Crippen LogP contribution in [0.5, 0.6) is 0 Å². The molecule has 92 valence electrons. The summed E-state index contributed by atoms with van der Waals surface area (Å²) >= 11 is 0. The third kappa shape index (κ3) is 3.76. The number of amides is 1. The first-order chi connectivity index (χ1) is 7.75. The fraction of sp³-hybridized carbons (Fsp3) is 0.917. The van der Waals surface area contributed by atoms with Crippen molar-refractivity contribution in [2.24, 2.45) is 0 Å². The van der Waals surface area contributed by atoms with Crippen LogP contribution in [-0.4, -0.2) is 49.6 Å². The first-order valence-corrected chi connectivity index (χ1v) is 6.46. The van der Waals surface area contributed by atoms with Gasteiger partial charge < -0.3 is 15.5 Å². The molecule has 0 aromatic carbocycles. The largest absolute Gasteiger partial charge is 0.355 e. The molecule has 1 atom stereocenters. The fourth-order valence-corrected chi connectivity index (χ4v) is 2.30. The van der Waals surface area contributed by atoms with Crippen LogP contribution in [0.3, 0.4) is 0 Å². The Labute approximate surface area is 97.8 Å². The molecule has 2 aliphatic rings. The molecule has 2 fully saturated rings. The first-order valence-electron chi connectivity index (χ1n) is 6.46. The maximum Gasteiger partial charge on any atom is 0.221 e. The molecule has 1 saturated carbocycles. The Kier molecular flexibility index (Phi) is 4.18. The molecule has 1 amide bonds. The lowest BCUT2D eigenvalue weighted by atomic mass is 10.1. The third-order valence-electron chi connectivity index (χ3n) is 3.55. The normalized spacial score (nSPS) is 25.0. The van der Waals surface area contributed by atoms with Gasteiger partial charge in [0.05, 0.1) is 0 Å². The molecule has 0 aromatic heterocycles. The van der Waals surface area contributed by atoms with Crippen LogP contribution in [0.15, 0.2) is 0 Å². The first kappa shape index (κ1) is 11.9. The molecule has 0 aromatic rings. The molecule has 1 heterocycles. The summed E-state index contributed by atoms with van der Waals surface area (Å²) in [6.07, 6.45) is 5.66. The third-order valence-corrected chi connectivity index (χ3v) is 3.55. The van der Waals surface area contributed by atoms with Crippen LogP contribution >= 0.6 is 0 Å². The Morgan fingerprint density at radius 2 is 2.25 bits per heavy atom. The SMILES string of the molecule is CN(CCNC(=O)CC1CCCN1)C1CC1. The predicted molar refractivity (Wildman–Crippen MR) is 64.3 cm³/mol. The van der Waals surface area contributed by atoms with Gasteiger partial charge in [-0.25, -0.2) is 0 Å². The van der Waals surface area contributed by atoms with E-state index < -0.39 is 0 Å². The van der Waals surface area contributed by atoms with Crippen LogP contribution in [0.25, 0.3) is 0 Å². The number of carbonyl (C=O) groups is 1. The number of hydrogen-bond donors (Lipinski definition) is 2. The number of hydrogen-bond acceptors (Lipinski definition) is 3. The summed E-state index contributed by atoms with van der Waals surface area (Å²) in [5.41, 5.74) is 0. The standard InChI is InChI=1S/C12H23N3O/c1-15(11-4-5-11)8-7-14-12(16)9-10-3-2-6-13-10/h10-11,13H,2-9H2,1H3,(H,14,16). The molecule has 2 rings (SSSR count). The Morgan fingerprint density at radius 3 is 2.88 bits per heavy atom. The van der Waals surface area contributed by atoms with Gasteiger partial charge in [0.15, 0.2) is 0 Å². The smallest absolute Gasteiger partial charge is 0.221 e. The van der Waals surface area contributed by atoms with E-state index in [0.29, 0.717) is 12.5 Å². The maximum atomic E-state index is 11.6. The van der Waals surface area contributed by atoms with Crippen molar-refractivity contribution < 1.29 is 4.79 Å². The minimum atomic E-state index is 0.198. The second-order valence-corrected chi connectivity index (χ2v) is 5.06. The summed E-state index contributed by atoms with van der Waals surface area (Å²) in [6.45, 7) is 2.84. The van der Waals surface area contributed by atoms with Crippen molar-refractivity contribution in [2.75, 3.05) is 26.7 Å². The lowest BCUT2D eigenvalue weighted by Gasteiger charge is -2.16. The van der Waals surface area contributed by atoms with Gasteiger partial charge in [0.25, 0.3) is 0 Å². The number of nitrogens with one attached hydrogen (secondary N) is 2. The molecular formula is C12H23N3O. The van der Waals surface area contributed by atoms with Gasteiger partial charge in [-0.2, -0.15) is 0 Å². The van der Waals surface area contributed by atoms with Gasteiger partial charge in [-0.1, -0.05) is 0 Å². The van der Waals surface area contributed by atoms with E-state index in [2.05, 4.69) is 22.6 Å². The average molecular weight is 225 g/mol. The van der Waals surface area contributed by atoms with E-state index in [1.165, 1.54) is 19.3 Å². The maximum absolute atomic E-state index is 11.6. The molecule has 0 radical (unpaired) electrons. The van der Waals surface area contributed by atoms with Gasteiger partial charge in [0.2, 0.25) is 5.91 Å². The molecule has 2 N–H and O–H groups in total. The van der Waals surface area contributed by atoms with E-state index >= 15 is 0 Å². The van der Waals surface area contributed by atoms with Crippen LogP contribution in [0.2, 0.25) is 0 Å². The Bertz CT molecular complexity index is 234. The van der Waals surface area contributed by atoms with Gasteiger partial charge in [-0.15, -0.1) is 0 Å². The van der Waals surface area contributed by atoms with Crippen molar-refractivity contribution in [3.8, 4) is 0 Å². The van der Waals surface area contributed by atoms with Crippen molar-refractivity contribution >= 4 is 5.91 Å². The molecule has 1 saturated heterocycles. The van der Waals surface area contributed by atoms with Crippen molar-refractivity contribution in [3.63, 3.8) is 0 Å². The van der Waals surface area contributed by atoms with Crippen molar-refractivity contribution in [1.29, 1.82) is 0 Å². The minimum Gasteiger partial charge on any atom is -0.355 e. The second-order valence-electron chi connectivity index (χ2n) is 5.06. The number of rotatable bonds is 6. The molecular weight excluding hydrogens is 202 g/mol. The van der Waals surface area contributed by atoms with Crippen molar-refractivity contribution in [1.82, 2.24) is 15.5 Å². The van der Waals surface area contributed by atoms with E-state index in [1.54, 1.807) is 0 Å². The number of carbonyl (C=O) groups excluding carboxylic acids is 1. The monoisotopic (exact) mass is 225 g/mol. The van der Waals surface area contributed by atoms with Crippen LogP contribution < -0.4 is 10.6 Å². The predicted octanol–water partition coefficient (Wildman–Crippen LogP) is 0.339. The highest BCUT2D eigenvalue weighted by Gasteiger charge is 2.25. The molecule has 1 aliphatic carbocycles. The molecule has 1 aliphatic heterocycles. The zero-order valence-corrected chi connectivity index (χ0v) is 10.2. The van der Waals surface area contributed by atoms with E-state index in [4.69, 9.17) is 0 Å². The van der Waals surface area contributed by atoms with Gasteiger partial charge in [0.1, 0.15) is 0 Å². The Hall–Kier alpha value is -0.610. The van der Waals surface area contributed by atoms with Crippen molar-refractivity contribution in [3.05, 3.63) is 0 Å². The summed E-state index contributed by atoms with van der Waals surface area (Å²) < 4.78 is 0. The number of nitrogens with zero attached hydrogens (tertiary/aromatic N) is 1. The Morgan fingerprint density at radius 1 is 1.44 bits per heavy atom. The summed E-state index contributed by atoms with van der Waals surface area (Å²) in [5, 5.41) is 6.35. The minimum absolute atomic E-state index is 0.198. The van der Waals surface area contributed by atoms with Crippen molar-refractivity contribution in [2.45, 2.75) is 44.2 Å². The molecule has 0 spiro atoms. The van der Waals surface area contributed by atoms with Gasteiger partial charge in [-0.05, 0) is 39.3 Å². The average Bonchev–Trinajstić information content (AvgIpc) is 2.99. The van der Waals surface area contributed by atoms with Crippen LogP contribution in [-0.2, 0) is 4.79 Å². The van der Waals surface area contributed by atoms with Crippen LogP contribution in [0.1, 0.15) is 32.1 Å². The number of likely N-dealkylation sites (N-methyl/N-ethyl adjacent to an activating group) is 1. The highest BCUT2D eigenvalue weighted by Crippen LogP contribution is 2.24. The van der Waals surface area contributed by atoms with E-state index in [1.807, 2.05) is 0 Å². The lowest BCUT2D eigenvalue weighted by Crippen LogP contribution is -2.36. The molecule has 4 heteroatoms. The molecule has 16 heavy (non-hydrogen) atoms. The van der Waals surface area contributed by atoms with Crippen LogP contribution in [0, 0.1) is 0 Å². The zero-order chi connectivity index (χ0) is 11.4. The Balaban J connectivity index is 1.52. The highest BCUT2D eigenvalue weighted by atomic mass is 16.1. The second kappa shape index (κ2) is 5.64. The molecule has 0 bridgehead atoms. The van der Waals surface area contributed by atoms with Gasteiger partial charge in [0, 0.05) is 31.6 Å². The quantitative estimate of drug-likeness (QED) is 0.685. The summed E-state index contributed by atoms with van der Waals surface area (Å²) in [6, 6.07) is 1.20. The summed E-state index contributed by atoms with van der Waals surface area (Å²) in [5.74, 6) is 0.198. The summed E-state index contributed by atoms with van der Waals surface area (Å²) in [7, 11) is 2.14. The van der Waals surface area contributed by atoms with E-state index in [9.17, 15) is 4.79 Å². The molecule has 1 unspecified atom stereocenters. The summed E-state index contributed by atoms with van der Waals surface area (Å²) in [4.78, 5) is 13.9. The topological polar surface area (TPSA) is 44.4 Å². The fourth-order valence-electron chi connectivity index (χ4n) is 2.30. The van der Waals surface area contributed by atoms with Gasteiger partial charge in [-0.3, -0.25) is 4.79 Å². The highest BCUT2D eigenvalue weighted by molar-refractivity contribution is 5.76. The van der Waals surface area contributed by atoms with E-state index in [0.717, 1.165) is 32.1 Å². The van der Waals surface area contributed by atoms with E-state index in [-0.39, 0.29) is 5.91 Å².